The predicted octanol–water partition coefficient (Wildman–Crippen LogP) is 8.45. The Morgan fingerprint density at radius 1 is 0.788 bits per heavy atom. The molecule has 4 nitrogen and oxygen atoms in total. The van der Waals surface area contributed by atoms with E-state index in [1.807, 2.05) is 18.2 Å². The van der Waals surface area contributed by atoms with E-state index in [1.165, 1.54) is 15.6 Å². The van der Waals surface area contributed by atoms with Crippen LogP contribution in [0.4, 0.5) is 0 Å². The maximum atomic E-state index is 6.30. The molecule has 33 heavy (non-hydrogen) atoms. The molecule has 160 valence electrons. The first-order chi connectivity index (χ1) is 16.0. The van der Waals surface area contributed by atoms with Crippen molar-refractivity contribution in [1.82, 2.24) is 9.97 Å². The zero-order valence-electron chi connectivity index (χ0n) is 18.5. The average molecular weight is 449 g/mol. The molecule has 4 aromatic heterocycles. The van der Waals surface area contributed by atoms with E-state index in [-0.39, 0.29) is 5.41 Å². The molecule has 0 saturated heterocycles. The number of fused-ring (bicyclic) bond motifs is 8. The predicted molar refractivity (Wildman–Crippen MR) is 136 cm³/mol. The van der Waals surface area contributed by atoms with Gasteiger partial charge in [-0.3, -0.25) is 0 Å². The van der Waals surface area contributed by atoms with Gasteiger partial charge in [0.05, 0.1) is 21.3 Å². The van der Waals surface area contributed by atoms with Crippen molar-refractivity contribution in [2.75, 3.05) is 0 Å². The molecule has 0 atom stereocenters. The second-order valence-corrected chi connectivity index (χ2v) is 10.6. The Labute approximate surface area is 193 Å². The Morgan fingerprint density at radius 2 is 1.55 bits per heavy atom. The number of aromatic nitrogens is 2. The van der Waals surface area contributed by atoms with Crippen molar-refractivity contribution in [2.45, 2.75) is 26.2 Å². The summed E-state index contributed by atoms with van der Waals surface area (Å²) in [7, 11) is 0. The van der Waals surface area contributed by atoms with Crippen molar-refractivity contribution < 1.29 is 8.83 Å². The number of rotatable bonds is 1. The van der Waals surface area contributed by atoms with Crippen LogP contribution in [0.2, 0.25) is 0 Å². The summed E-state index contributed by atoms with van der Waals surface area (Å²) >= 11 is 1.74. The Morgan fingerprint density at radius 3 is 2.39 bits per heavy atom. The molecule has 0 N–H and O–H groups in total. The summed E-state index contributed by atoms with van der Waals surface area (Å²) in [5.74, 6) is 0.573. The van der Waals surface area contributed by atoms with Gasteiger partial charge in [0.25, 0.3) is 5.78 Å². The molecule has 0 saturated carbocycles. The molecule has 0 radical (unpaired) electrons. The summed E-state index contributed by atoms with van der Waals surface area (Å²) in [6.45, 7) is 6.71. The molecule has 0 aliphatic carbocycles. The van der Waals surface area contributed by atoms with Crippen LogP contribution in [0.5, 0.6) is 0 Å². The van der Waals surface area contributed by atoms with Gasteiger partial charge in [0.1, 0.15) is 17.5 Å². The lowest BCUT2D eigenvalue weighted by atomic mass is 9.82. The zero-order valence-corrected chi connectivity index (χ0v) is 19.3. The molecule has 7 rings (SSSR count). The van der Waals surface area contributed by atoms with Crippen LogP contribution in [0.15, 0.2) is 75.8 Å². The molecule has 7 aromatic rings. The van der Waals surface area contributed by atoms with Gasteiger partial charge in [0.2, 0.25) is 0 Å². The minimum Gasteiger partial charge on any atom is -0.425 e. The first-order valence-electron chi connectivity index (χ1n) is 11.0. The molecule has 0 fully saturated rings. The fourth-order valence-electron chi connectivity index (χ4n) is 4.84. The quantitative estimate of drug-likeness (QED) is 0.253. The normalized spacial score (nSPS) is 12.7. The molecule has 0 unspecified atom stereocenters. The Bertz CT molecular complexity index is 1860. The first kappa shape index (κ1) is 18.8. The second kappa shape index (κ2) is 6.42. The Kier molecular flexibility index (Phi) is 3.67. The van der Waals surface area contributed by atoms with Gasteiger partial charge in [-0.25, -0.2) is 9.97 Å². The van der Waals surface area contributed by atoms with Crippen LogP contribution >= 0.6 is 11.3 Å². The minimum atomic E-state index is -0.101. The second-order valence-electron chi connectivity index (χ2n) is 9.51. The smallest absolute Gasteiger partial charge is 0.299 e. The molecule has 3 aromatic carbocycles. The van der Waals surface area contributed by atoms with Gasteiger partial charge in [-0.1, -0.05) is 57.2 Å². The maximum absolute atomic E-state index is 6.30. The summed E-state index contributed by atoms with van der Waals surface area (Å²) in [5.41, 5.74) is 5.75. The third-order valence-electron chi connectivity index (χ3n) is 6.36. The third kappa shape index (κ3) is 2.63. The SMILES string of the molecule is CC(C)(C)c1cc(-c2ncnc3c2sc2ccccc23)cc2oc3oc4ccccc4c3c12. The number of furan rings is 2. The van der Waals surface area contributed by atoms with Crippen LogP contribution in [-0.2, 0) is 5.41 Å². The molecule has 4 heterocycles. The number of benzene rings is 3. The summed E-state index contributed by atoms with van der Waals surface area (Å²) in [4.78, 5) is 9.34. The number of hydrogen-bond acceptors (Lipinski definition) is 5. The van der Waals surface area contributed by atoms with E-state index in [9.17, 15) is 0 Å². The number of para-hydroxylation sites is 1. The van der Waals surface area contributed by atoms with Gasteiger partial charge in [-0.2, -0.15) is 0 Å². The third-order valence-corrected chi connectivity index (χ3v) is 7.52. The molecule has 0 amide bonds. The highest BCUT2D eigenvalue weighted by atomic mass is 32.1. The van der Waals surface area contributed by atoms with E-state index in [4.69, 9.17) is 13.8 Å². The maximum Gasteiger partial charge on any atom is 0.299 e. The molecule has 0 bridgehead atoms. The molecule has 0 aliphatic rings. The molecule has 5 heteroatoms. The number of hydrogen-bond donors (Lipinski definition) is 0. The molecule has 0 aliphatic heterocycles. The van der Waals surface area contributed by atoms with E-state index >= 15 is 0 Å². The van der Waals surface area contributed by atoms with Gasteiger partial charge < -0.3 is 8.83 Å². The molecular weight excluding hydrogens is 428 g/mol. The fourth-order valence-corrected chi connectivity index (χ4v) is 6.01. The van der Waals surface area contributed by atoms with Gasteiger partial charge in [0.15, 0.2) is 0 Å². The highest BCUT2D eigenvalue weighted by Crippen LogP contribution is 2.45. The van der Waals surface area contributed by atoms with Crippen molar-refractivity contribution in [1.29, 1.82) is 0 Å². The van der Waals surface area contributed by atoms with Gasteiger partial charge in [0, 0.05) is 26.4 Å². The van der Waals surface area contributed by atoms with E-state index in [2.05, 4.69) is 68.2 Å². The first-order valence-corrected chi connectivity index (χ1v) is 11.8. The monoisotopic (exact) mass is 448 g/mol. The summed E-state index contributed by atoms with van der Waals surface area (Å²) in [6.07, 6.45) is 1.67. The Hall–Kier alpha value is -3.70. The number of nitrogens with zero attached hydrogens (tertiary/aromatic N) is 2. The topological polar surface area (TPSA) is 52.1 Å². The van der Waals surface area contributed by atoms with E-state index in [1.54, 1.807) is 17.7 Å². The van der Waals surface area contributed by atoms with Crippen molar-refractivity contribution in [3.05, 3.63) is 72.6 Å². The minimum absolute atomic E-state index is 0.101. The van der Waals surface area contributed by atoms with Gasteiger partial charge in [-0.15, -0.1) is 11.3 Å². The summed E-state index contributed by atoms with van der Waals surface area (Å²) in [5, 5.41) is 4.42. The van der Waals surface area contributed by atoms with Crippen LogP contribution in [0.3, 0.4) is 0 Å². The highest BCUT2D eigenvalue weighted by molar-refractivity contribution is 7.26. The average Bonchev–Trinajstić information content (AvgIpc) is 3.46. The lowest BCUT2D eigenvalue weighted by Gasteiger charge is -2.21. The van der Waals surface area contributed by atoms with Crippen LogP contribution in [0.1, 0.15) is 26.3 Å². The van der Waals surface area contributed by atoms with Crippen LogP contribution in [0.25, 0.3) is 64.7 Å². The van der Waals surface area contributed by atoms with Gasteiger partial charge in [-0.05, 0) is 35.2 Å². The molecule has 0 spiro atoms. The van der Waals surface area contributed by atoms with Crippen LogP contribution in [0, 0.1) is 0 Å². The summed E-state index contributed by atoms with van der Waals surface area (Å²) in [6, 6.07) is 20.9. The lowest BCUT2D eigenvalue weighted by molar-refractivity contribution is 0.524. The lowest BCUT2D eigenvalue weighted by Crippen LogP contribution is -2.11. The van der Waals surface area contributed by atoms with E-state index in [0.717, 1.165) is 48.8 Å². The van der Waals surface area contributed by atoms with Crippen molar-refractivity contribution in [3.63, 3.8) is 0 Å². The van der Waals surface area contributed by atoms with Crippen molar-refractivity contribution in [3.8, 4) is 11.3 Å². The standard InChI is InChI=1S/C28H20N2O2S/c1-28(2,3)18-12-15(24-26-25(30-14-29-24)17-9-5-7-11-21(17)33-26)13-20-23(18)22-16-8-4-6-10-19(16)31-27(22)32-20/h4-14H,1-3H3. The highest BCUT2D eigenvalue weighted by Gasteiger charge is 2.26. The van der Waals surface area contributed by atoms with Crippen molar-refractivity contribution >= 4 is 64.7 Å². The van der Waals surface area contributed by atoms with Crippen LogP contribution in [-0.4, -0.2) is 9.97 Å². The largest absolute Gasteiger partial charge is 0.425 e. The Balaban J connectivity index is 1.59. The van der Waals surface area contributed by atoms with Gasteiger partial charge >= 0.3 is 0 Å². The van der Waals surface area contributed by atoms with E-state index < -0.39 is 0 Å². The molecular formula is C28H20N2O2S. The van der Waals surface area contributed by atoms with Crippen molar-refractivity contribution in [2.24, 2.45) is 0 Å². The van der Waals surface area contributed by atoms with Crippen LogP contribution < -0.4 is 0 Å². The zero-order chi connectivity index (χ0) is 22.3. The fraction of sp³-hybridized carbons (Fsp3) is 0.143. The number of thiophene rings is 1. The van der Waals surface area contributed by atoms with E-state index in [0.29, 0.717) is 5.78 Å². The summed E-state index contributed by atoms with van der Waals surface area (Å²) < 4.78 is 14.7.